The average molecular weight is 330 g/mol. The maximum Gasteiger partial charge on any atom is 0.261 e. The third kappa shape index (κ3) is 2.94. The van der Waals surface area contributed by atoms with Gasteiger partial charge in [-0.3, -0.25) is 9.52 Å². The van der Waals surface area contributed by atoms with Crippen LogP contribution in [0.4, 0.5) is 11.4 Å². The van der Waals surface area contributed by atoms with E-state index in [1.165, 1.54) is 6.07 Å². The van der Waals surface area contributed by atoms with Crippen LogP contribution < -0.4 is 10.0 Å². The largest absolute Gasteiger partial charge is 0.326 e. The van der Waals surface area contributed by atoms with Gasteiger partial charge in [0.1, 0.15) is 0 Å². The van der Waals surface area contributed by atoms with Crippen LogP contribution in [0.2, 0.25) is 0 Å². The lowest BCUT2D eigenvalue weighted by Gasteiger charge is -2.13. The molecule has 6 heteroatoms. The molecule has 120 valence electrons. The minimum Gasteiger partial charge on any atom is -0.326 e. The Morgan fingerprint density at radius 3 is 2.43 bits per heavy atom. The minimum atomic E-state index is -3.69. The Balaban J connectivity index is 1.96. The van der Waals surface area contributed by atoms with E-state index in [0.717, 1.165) is 16.7 Å². The number of rotatable bonds is 3. The van der Waals surface area contributed by atoms with Crippen molar-refractivity contribution < 1.29 is 13.2 Å². The maximum atomic E-state index is 12.6. The van der Waals surface area contributed by atoms with Gasteiger partial charge in [0.2, 0.25) is 5.91 Å². The molecule has 0 aliphatic carbocycles. The predicted molar refractivity (Wildman–Crippen MR) is 90.2 cm³/mol. The number of carbonyl (C=O) groups is 1. The number of hydrogen-bond acceptors (Lipinski definition) is 3. The summed E-state index contributed by atoms with van der Waals surface area (Å²) in [4.78, 5) is 11.5. The summed E-state index contributed by atoms with van der Waals surface area (Å²) >= 11 is 0. The molecule has 3 rings (SSSR count). The number of nitrogens with one attached hydrogen (secondary N) is 2. The first-order valence-corrected chi connectivity index (χ1v) is 8.78. The summed E-state index contributed by atoms with van der Waals surface area (Å²) < 4.78 is 27.9. The Hall–Kier alpha value is -2.34. The van der Waals surface area contributed by atoms with Gasteiger partial charge >= 0.3 is 0 Å². The molecule has 0 fully saturated rings. The standard InChI is InChI=1S/C17H18N2O3S/c1-10-6-12(3)16(7-11(10)2)19-23(21,22)14-4-5-15-13(8-14)9-17(20)18-15/h4-8,19H,9H2,1-3H3,(H,18,20). The van der Waals surface area contributed by atoms with E-state index in [1.54, 1.807) is 12.1 Å². The molecule has 0 saturated heterocycles. The lowest BCUT2D eigenvalue weighted by molar-refractivity contribution is -0.115. The van der Waals surface area contributed by atoms with Crippen LogP contribution in [0.3, 0.4) is 0 Å². The molecule has 0 bridgehead atoms. The van der Waals surface area contributed by atoms with Crippen molar-refractivity contribution >= 4 is 27.3 Å². The second kappa shape index (κ2) is 5.38. The highest BCUT2D eigenvalue weighted by molar-refractivity contribution is 7.92. The van der Waals surface area contributed by atoms with E-state index >= 15 is 0 Å². The van der Waals surface area contributed by atoms with Gasteiger partial charge in [-0.1, -0.05) is 6.07 Å². The molecule has 2 aromatic carbocycles. The van der Waals surface area contributed by atoms with E-state index in [-0.39, 0.29) is 17.2 Å². The number of fused-ring (bicyclic) bond motifs is 1. The Morgan fingerprint density at radius 2 is 1.70 bits per heavy atom. The van der Waals surface area contributed by atoms with Crippen molar-refractivity contribution in [2.45, 2.75) is 32.1 Å². The molecular formula is C17H18N2O3S. The van der Waals surface area contributed by atoms with Gasteiger partial charge < -0.3 is 5.32 Å². The average Bonchev–Trinajstić information content (AvgIpc) is 2.83. The van der Waals surface area contributed by atoms with E-state index < -0.39 is 10.0 Å². The minimum absolute atomic E-state index is 0.118. The fraction of sp³-hybridized carbons (Fsp3) is 0.235. The SMILES string of the molecule is Cc1cc(C)c(NS(=O)(=O)c2ccc3c(c2)CC(=O)N3)cc1C. The van der Waals surface area contributed by atoms with Gasteiger partial charge in [0, 0.05) is 5.69 Å². The van der Waals surface area contributed by atoms with Gasteiger partial charge in [-0.05, 0) is 67.3 Å². The first kappa shape index (κ1) is 15.6. The zero-order valence-corrected chi connectivity index (χ0v) is 14.0. The molecule has 1 amide bonds. The molecule has 1 aliphatic rings. The lowest BCUT2D eigenvalue weighted by atomic mass is 10.1. The first-order chi connectivity index (χ1) is 10.8. The zero-order chi connectivity index (χ0) is 16.8. The number of carbonyl (C=O) groups excluding carboxylic acids is 1. The first-order valence-electron chi connectivity index (χ1n) is 7.30. The molecule has 5 nitrogen and oxygen atoms in total. The monoisotopic (exact) mass is 330 g/mol. The smallest absolute Gasteiger partial charge is 0.261 e. The van der Waals surface area contributed by atoms with E-state index in [4.69, 9.17) is 0 Å². The molecule has 0 saturated carbocycles. The van der Waals surface area contributed by atoms with Crippen LogP contribution in [-0.2, 0) is 21.2 Å². The van der Waals surface area contributed by atoms with E-state index in [2.05, 4.69) is 10.0 Å². The van der Waals surface area contributed by atoms with Crippen molar-refractivity contribution in [2.75, 3.05) is 10.0 Å². The van der Waals surface area contributed by atoms with Gasteiger partial charge in [-0.2, -0.15) is 0 Å². The van der Waals surface area contributed by atoms with Crippen LogP contribution in [0, 0.1) is 20.8 Å². The summed E-state index contributed by atoms with van der Waals surface area (Å²) in [7, 11) is -3.69. The normalized spacial score (nSPS) is 13.6. The topological polar surface area (TPSA) is 75.3 Å². The quantitative estimate of drug-likeness (QED) is 0.908. The van der Waals surface area contributed by atoms with Crippen LogP contribution >= 0.6 is 0 Å². The van der Waals surface area contributed by atoms with Crippen molar-refractivity contribution in [2.24, 2.45) is 0 Å². The Labute approximate surface area is 135 Å². The second-order valence-corrected chi connectivity index (χ2v) is 7.58. The van der Waals surface area contributed by atoms with E-state index in [1.807, 2.05) is 32.9 Å². The summed E-state index contributed by atoms with van der Waals surface area (Å²) in [5, 5.41) is 2.69. The Morgan fingerprint density at radius 1 is 1.00 bits per heavy atom. The van der Waals surface area contributed by atoms with Crippen LogP contribution in [0.5, 0.6) is 0 Å². The number of benzene rings is 2. The highest BCUT2D eigenvalue weighted by Gasteiger charge is 2.22. The number of aryl methyl sites for hydroxylation is 3. The van der Waals surface area contributed by atoms with Crippen molar-refractivity contribution in [3.05, 3.63) is 52.6 Å². The van der Waals surface area contributed by atoms with Crippen LogP contribution in [-0.4, -0.2) is 14.3 Å². The number of anilines is 2. The number of amides is 1. The molecule has 0 aromatic heterocycles. The highest BCUT2D eigenvalue weighted by atomic mass is 32.2. The summed E-state index contributed by atoms with van der Waals surface area (Å²) in [6.07, 6.45) is 0.210. The van der Waals surface area contributed by atoms with Gasteiger partial charge in [0.05, 0.1) is 17.0 Å². The molecule has 2 N–H and O–H groups in total. The fourth-order valence-electron chi connectivity index (χ4n) is 2.65. The van der Waals surface area contributed by atoms with Crippen molar-refractivity contribution in [1.29, 1.82) is 0 Å². The van der Waals surface area contributed by atoms with Gasteiger partial charge in [-0.25, -0.2) is 8.42 Å². The molecule has 23 heavy (non-hydrogen) atoms. The third-order valence-corrected chi connectivity index (χ3v) is 5.46. The summed E-state index contributed by atoms with van der Waals surface area (Å²) in [5.74, 6) is -0.118. The van der Waals surface area contributed by atoms with Gasteiger partial charge in [0.25, 0.3) is 10.0 Å². The van der Waals surface area contributed by atoms with Crippen LogP contribution in [0.1, 0.15) is 22.3 Å². The van der Waals surface area contributed by atoms with Crippen molar-refractivity contribution in [3.8, 4) is 0 Å². The molecule has 1 heterocycles. The van der Waals surface area contributed by atoms with Crippen molar-refractivity contribution in [1.82, 2.24) is 0 Å². The molecular weight excluding hydrogens is 312 g/mol. The Kier molecular flexibility index (Phi) is 3.64. The fourth-order valence-corrected chi connectivity index (χ4v) is 3.82. The van der Waals surface area contributed by atoms with Crippen LogP contribution in [0.15, 0.2) is 35.2 Å². The summed E-state index contributed by atoms with van der Waals surface area (Å²) in [5.41, 5.74) is 4.97. The van der Waals surface area contributed by atoms with Gasteiger partial charge in [-0.15, -0.1) is 0 Å². The highest BCUT2D eigenvalue weighted by Crippen LogP contribution is 2.28. The zero-order valence-electron chi connectivity index (χ0n) is 13.2. The van der Waals surface area contributed by atoms with E-state index in [9.17, 15) is 13.2 Å². The Bertz CT molecular complexity index is 918. The van der Waals surface area contributed by atoms with Crippen LogP contribution in [0.25, 0.3) is 0 Å². The van der Waals surface area contributed by atoms with E-state index in [0.29, 0.717) is 16.9 Å². The maximum absolute atomic E-state index is 12.6. The van der Waals surface area contributed by atoms with Gasteiger partial charge in [0.15, 0.2) is 0 Å². The molecule has 0 radical (unpaired) electrons. The second-order valence-electron chi connectivity index (χ2n) is 5.90. The predicted octanol–water partition coefficient (Wildman–Crippen LogP) is 2.91. The van der Waals surface area contributed by atoms with Crippen molar-refractivity contribution in [3.63, 3.8) is 0 Å². The molecule has 0 unspecified atom stereocenters. The number of hydrogen-bond donors (Lipinski definition) is 2. The molecule has 0 spiro atoms. The molecule has 1 aliphatic heterocycles. The molecule has 0 atom stereocenters. The summed E-state index contributed by atoms with van der Waals surface area (Å²) in [6.45, 7) is 5.81. The number of sulfonamides is 1. The third-order valence-electron chi connectivity index (χ3n) is 4.10. The molecule has 2 aromatic rings. The lowest BCUT2D eigenvalue weighted by Crippen LogP contribution is -2.14. The summed E-state index contributed by atoms with van der Waals surface area (Å²) in [6, 6.07) is 8.47.